The molecule has 1 spiro atoms. The van der Waals surface area contributed by atoms with E-state index < -0.39 is 0 Å². The smallest absolute Gasteiger partial charge is 0.119 e. The summed E-state index contributed by atoms with van der Waals surface area (Å²) >= 11 is 0. The Bertz CT molecular complexity index is 615. The molecule has 0 saturated heterocycles. The molecule has 0 aromatic heterocycles. The van der Waals surface area contributed by atoms with Gasteiger partial charge in [0, 0.05) is 16.7 Å². The molecule has 0 saturated carbocycles. The number of nitrogen functional groups attached to an aromatic ring is 1. The van der Waals surface area contributed by atoms with Crippen LogP contribution in [0.4, 0.5) is 5.69 Å². The average molecular weight is 251 g/mol. The number of aryl methyl sites for hydroxylation is 2. The van der Waals surface area contributed by atoms with Gasteiger partial charge in [-0.25, -0.2) is 0 Å². The van der Waals surface area contributed by atoms with Crippen LogP contribution in [0.15, 0.2) is 36.4 Å². The number of hydrogen-bond acceptors (Lipinski definition) is 2. The van der Waals surface area contributed by atoms with Crippen LogP contribution in [0, 0.1) is 0 Å². The standard InChI is InChI=1S/C17H17NO/c18-13-5-1-3-11-7-9-17(15(11)13)10-8-12-4-2-6-14(19)16(12)17/h1-6,19H,7-10,18H2/t17-/m0/s1. The summed E-state index contributed by atoms with van der Waals surface area (Å²) in [6.07, 6.45) is 4.24. The Labute approximate surface area is 112 Å². The maximum absolute atomic E-state index is 10.3. The molecule has 96 valence electrons. The molecule has 2 aromatic rings. The molecule has 2 aromatic carbocycles. The van der Waals surface area contributed by atoms with Crippen molar-refractivity contribution in [1.29, 1.82) is 0 Å². The lowest BCUT2D eigenvalue weighted by Crippen LogP contribution is -2.22. The van der Waals surface area contributed by atoms with Gasteiger partial charge in [-0.3, -0.25) is 0 Å². The Hall–Kier alpha value is -1.96. The fraction of sp³-hybridized carbons (Fsp3) is 0.294. The quantitative estimate of drug-likeness (QED) is 0.706. The first kappa shape index (κ1) is 10.9. The summed E-state index contributed by atoms with van der Waals surface area (Å²) < 4.78 is 0. The fourth-order valence-corrected chi connectivity index (χ4v) is 4.21. The highest BCUT2D eigenvalue weighted by Crippen LogP contribution is 2.56. The largest absolute Gasteiger partial charge is 0.508 e. The van der Waals surface area contributed by atoms with E-state index in [0.29, 0.717) is 5.75 Å². The molecule has 2 aliphatic carbocycles. The molecule has 0 aliphatic heterocycles. The Kier molecular flexibility index (Phi) is 2.03. The van der Waals surface area contributed by atoms with E-state index in [-0.39, 0.29) is 5.41 Å². The van der Waals surface area contributed by atoms with Crippen LogP contribution in [0.1, 0.15) is 35.1 Å². The van der Waals surface area contributed by atoms with Crippen molar-refractivity contribution in [2.45, 2.75) is 31.1 Å². The molecular formula is C17H17NO. The Morgan fingerprint density at radius 3 is 2.26 bits per heavy atom. The predicted molar refractivity (Wildman–Crippen MR) is 76.4 cm³/mol. The van der Waals surface area contributed by atoms with Gasteiger partial charge in [-0.15, -0.1) is 0 Å². The highest BCUT2D eigenvalue weighted by Gasteiger charge is 2.47. The lowest BCUT2D eigenvalue weighted by atomic mass is 9.75. The first-order valence-electron chi connectivity index (χ1n) is 6.91. The van der Waals surface area contributed by atoms with E-state index in [4.69, 9.17) is 5.73 Å². The van der Waals surface area contributed by atoms with Crippen molar-refractivity contribution in [1.82, 2.24) is 0 Å². The molecule has 19 heavy (non-hydrogen) atoms. The van der Waals surface area contributed by atoms with E-state index in [9.17, 15) is 5.11 Å². The van der Waals surface area contributed by atoms with Crippen LogP contribution in [0.5, 0.6) is 5.75 Å². The number of aromatic hydroxyl groups is 1. The molecule has 2 nitrogen and oxygen atoms in total. The van der Waals surface area contributed by atoms with Crippen LogP contribution in [0.2, 0.25) is 0 Å². The normalized spacial score (nSPS) is 23.6. The van der Waals surface area contributed by atoms with Crippen LogP contribution in [0.3, 0.4) is 0 Å². The second kappa shape index (κ2) is 3.53. The molecule has 3 N–H and O–H groups in total. The van der Waals surface area contributed by atoms with E-state index >= 15 is 0 Å². The van der Waals surface area contributed by atoms with E-state index in [0.717, 1.165) is 36.9 Å². The zero-order chi connectivity index (χ0) is 13.0. The fourth-order valence-electron chi connectivity index (χ4n) is 4.21. The lowest BCUT2D eigenvalue weighted by molar-refractivity contribution is 0.437. The van der Waals surface area contributed by atoms with Crippen LogP contribution < -0.4 is 5.73 Å². The van der Waals surface area contributed by atoms with Gasteiger partial charge in [-0.05, 0) is 54.5 Å². The molecule has 4 rings (SSSR count). The first-order chi connectivity index (χ1) is 9.22. The molecule has 1 atom stereocenters. The topological polar surface area (TPSA) is 46.2 Å². The third-order valence-electron chi connectivity index (χ3n) is 4.91. The summed E-state index contributed by atoms with van der Waals surface area (Å²) in [4.78, 5) is 0. The first-order valence-corrected chi connectivity index (χ1v) is 6.91. The van der Waals surface area contributed by atoms with Crippen molar-refractivity contribution < 1.29 is 5.11 Å². The summed E-state index contributed by atoms with van der Waals surface area (Å²) in [6.45, 7) is 0. The average Bonchev–Trinajstić information content (AvgIpc) is 2.96. The van der Waals surface area contributed by atoms with Gasteiger partial charge in [-0.2, -0.15) is 0 Å². The SMILES string of the molecule is Nc1cccc2c1[C@]1(CC2)CCc2cccc(O)c21. The van der Waals surface area contributed by atoms with Crippen LogP contribution in [0.25, 0.3) is 0 Å². The molecule has 0 bridgehead atoms. The summed E-state index contributed by atoms with van der Waals surface area (Å²) in [5, 5.41) is 10.3. The van der Waals surface area contributed by atoms with E-state index in [1.165, 1.54) is 16.7 Å². The van der Waals surface area contributed by atoms with Crippen LogP contribution in [-0.4, -0.2) is 5.11 Å². The van der Waals surface area contributed by atoms with E-state index in [2.05, 4.69) is 12.1 Å². The second-order valence-corrected chi connectivity index (χ2v) is 5.77. The zero-order valence-corrected chi connectivity index (χ0v) is 10.8. The number of hydrogen-bond donors (Lipinski definition) is 2. The summed E-state index contributed by atoms with van der Waals surface area (Å²) in [5.41, 5.74) is 12.1. The molecule has 0 heterocycles. The minimum Gasteiger partial charge on any atom is -0.508 e. The van der Waals surface area contributed by atoms with Crippen molar-refractivity contribution in [3.8, 4) is 5.75 Å². The second-order valence-electron chi connectivity index (χ2n) is 5.77. The molecular weight excluding hydrogens is 234 g/mol. The Morgan fingerprint density at radius 2 is 1.53 bits per heavy atom. The van der Waals surface area contributed by atoms with Gasteiger partial charge in [0.25, 0.3) is 0 Å². The van der Waals surface area contributed by atoms with Crippen molar-refractivity contribution in [3.63, 3.8) is 0 Å². The number of phenols is 1. The van der Waals surface area contributed by atoms with Gasteiger partial charge in [0.05, 0.1) is 0 Å². The van der Waals surface area contributed by atoms with Crippen LogP contribution in [-0.2, 0) is 18.3 Å². The van der Waals surface area contributed by atoms with Crippen molar-refractivity contribution in [2.24, 2.45) is 0 Å². The van der Waals surface area contributed by atoms with Crippen molar-refractivity contribution in [2.75, 3.05) is 5.73 Å². The third kappa shape index (κ3) is 1.26. The maximum Gasteiger partial charge on any atom is 0.119 e. The van der Waals surface area contributed by atoms with Gasteiger partial charge in [0.1, 0.15) is 5.75 Å². The maximum atomic E-state index is 10.3. The predicted octanol–water partition coefficient (Wildman–Crippen LogP) is 3.15. The molecule has 2 aliphatic rings. The number of nitrogens with two attached hydrogens (primary N) is 1. The van der Waals surface area contributed by atoms with Crippen molar-refractivity contribution in [3.05, 3.63) is 58.7 Å². The van der Waals surface area contributed by atoms with Crippen LogP contribution >= 0.6 is 0 Å². The van der Waals surface area contributed by atoms with E-state index in [1.807, 2.05) is 24.3 Å². The number of rotatable bonds is 0. The number of fused-ring (bicyclic) bond motifs is 4. The molecule has 0 radical (unpaired) electrons. The minimum atomic E-state index is -0.0403. The number of anilines is 1. The van der Waals surface area contributed by atoms with Gasteiger partial charge in [0.15, 0.2) is 0 Å². The monoisotopic (exact) mass is 251 g/mol. The molecule has 0 amide bonds. The van der Waals surface area contributed by atoms with Gasteiger partial charge in [-0.1, -0.05) is 24.3 Å². The third-order valence-corrected chi connectivity index (χ3v) is 4.91. The Morgan fingerprint density at radius 1 is 0.895 bits per heavy atom. The highest BCUT2D eigenvalue weighted by atomic mass is 16.3. The molecule has 0 unspecified atom stereocenters. The lowest BCUT2D eigenvalue weighted by Gasteiger charge is -2.28. The number of benzene rings is 2. The summed E-state index contributed by atoms with van der Waals surface area (Å²) in [7, 11) is 0. The minimum absolute atomic E-state index is 0.0403. The van der Waals surface area contributed by atoms with Gasteiger partial charge in [0.2, 0.25) is 0 Å². The van der Waals surface area contributed by atoms with E-state index in [1.54, 1.807) is 0 Å². The van der Waals surface area contributed by atoms with Gasteiger partial charge >= 0.3 is 0 Å². The number of phenolic OH excluding ortho intramolecular Hbond substituents is 1. The Balaban J connectivity index is 2.03. The highest BCUT2D eigenvalue weighted by molar-refractivity contribution is 5.66. The summed E-state index contributed by atoms with van der Waals surface area (Å²) in [5.74, 6) is 0.436. The van der Waals surface area contributed by atoms with Crippen molar-refractivity contribution >= 4 is 5.69 Å². The summed E-state index contributed by atoms with van der Waals surface area (Å²) in [6, 6.07) is 12.1. The zero-order valence-electron chi connectivity index (χ0n) is 10.8. The van der Waals surface area contributed by atoms with Gasteiger partial charge < -0.3 is 10.8 Å². The molecule has 2 heteroatoms. The molecule has 0 fully saturated rings.